The average Bonchev–Trinajstić information content (AvgIpc) is 3.09. The first-order chi connectivity index (χ1) is 14.8. The highest BCUT2D eigenvalue weighted by molar-refractivity contribution is 9.10. The van der Waals surface area contributed by atoms with Gasteiger partial charge < -0.3 is 9.67 Å². The van der Waals surface area contributed by atoms with Gasteiger partial charge in [0.25, 0.3) is 0 Å². The fourth-order valence-electron chi connectivity index (χ4n) is 5.61. The molecule has 3 aromatic rings. The Labute approximate surface area is 188 Å². The highest BCUT2D eigenvalue weighted by Crippen LogP contribution is 2.62. The van der Waals surface area contributed by atoms with Gasteiger partial charge in [-0.1, -0.05) is 28.1 Å². The number of ketones is 1. The second-order valence-electron chi connectivity index (χ2n) is 9.27. The molecular formula is C25H23BrFNO3. The lowest BCUT2D eigenvalue weighted by Gasteiger charge is -2.56. The minimum atomic E-state index is -0.703. The maximum atomic E-state index is 14.5. The number of hydrogen-bond acceptors (Lipinski definition) is 2. The molecular weight excluding hydrogens is 461 g/mol. The van der Waals surface area contributed by atoms with Crippen LogP contribution in [0, 0.1) is 23.1 Å². The molecule has 1 aromatic heterocycles. The first-order valence-corrected chi connectivity index (χ1v) is 11.4. The third-order valence-electron chi connectivity index (χ3n) is 7.06. The van der Waals surface area contributed by atoms with Crippen molar-refractivity contribution < 1.29 is 19.1 Å². The van der Waals surface area contributed by atoms with Crippen LogP contribution in [0.25, 0.3) is 10.9 Å². The maximum absolute atomic E-state index is 14.5. The largest absolute Gasteiger partial charge is 0.481 e. The van der Waals surface area contributed by atoms with Crippen LogP contribution >= 0.6 is 15.9 Å². The van der Waals surface area contributed by atoms with Gasteiger partial charge in [-0.25, -0.2) is 4.39 Å². The molecule has 2 fully saturated rings. The lowest BCUT2D eigenvalue weighted by atomic mass is 9.47. The molecule has 0 saturated heterocycles. The molecule has 1 heterocycles. The van der Waals surface area contributed by atoms with Crippen molar-refractivity contribution in [3.63, 3.8) is 0 Å². The SMILES string of the molecule is O=C(CC1CC2(C1)CC(C(=O)O)C2)c1ccc(F)c2ccn(Cc3ccc(Br)cc3)c12. The van der Waals surface area contributed by atoms with E-state index in [-0.39, 0.29) is 28.9 Å². The zero-order valence-corrected chi connectivity index (χ0v) is 18.6. The average molecular weight is 484 g/mol. The molecule has 31 heavy (non-hydrogen) atoms. The number of halogens is 2. The molecule has 0 amide bonds. The van der Waals surface area contributed by atoms with E-state index in [1.807, 2.05) is 35.0 Å². The number of rotatable bonds is 6. The first-order valence-electron chi connectivity index (χ1n) is 10.6. The number of Topliss-reactive ketones (excluding diaryl/α,β-unsaturated/α-hetero) is 1. The van der Waals surface area contributed by atoms with Crippen molar-refractivity contribution in [2.45, 2.75) is 38.6 Å². The van der Waals surface area contributed by atoms with E-state index in [1.54, 1.807) is 12.1 Å². The molecule has 2 saturated carbocycles. The number of carbonyl (C=O) groups is 2. The van der Waals surface area contributed by atoms with Crippen LogP contribution in [0.2, 0.25) is 0 Å². The van der Waals surface area contributed by atoms with Crippen molar-refractivity contribution >= 4 is 38.6 Å². The molecule has 0 atom stereocenters. The van der Waals surface area contributed by atoms with Crippen molar-refractivity contribution in [3.05, 3.63) is 70.1 Å². The van der Waals surface area contributed by atoms with E-state index in [1.165, 1.54) is 6.07 Å². The molecule has 0 bridgehead atoms. The van der Waals surface area contributed by atoms with Crippen molar-refractivity contribution in [1.82, 2.24) is 4.57 Å². The lowest BCUT2D eigenvalue weighted by Crippen LogP contribution is -2.50. The second-order valence-corrected chi connectivity index (χ2v) is 10.2. The highest BCUT2D eigenvalue weighted by atomic mass is 79.9. The third-order valence-corrected chi connectivity index (χ3v) is 7.59. The van der Waals surface area contributed by atoms with Crippen LogP contribution in [0.5, 0.6) is 0 Å². The summed E-state index contributed by atoms with van der Waals surface area (Å²) in [6.07, 6.45) is 5.60. The van der Waals surface area contributed by atoms with E-state index in [0.717, 1.165) is 35.7 Å². The minimum Gasteiger partial charge on any atom is -0.481 e. The number of hydrogen-bond donors (Lipinski definition) is 1. The molecule has 1 spiro atoms. The number of carbonyl (C=O) groups excluding carboxylic acids is 1. The van der Waals surface area contributed by atoms with Gasteiger partial charge >= 0.3 is 5.97 Å². The fourth-order valence-corrected chi connectivity index (χ4v) is 5.87. The fraction of sp³-hybridized carbons (Fsp3) is 0.360. The Morgan fingerprint density at radius 3 is 2.45 bits per heavy atom. The van der Waals surface area contributed by atoms with Crippen LogP contribution in [-0.2, 0) is 11.3 Å². The zero-order valence-electron chi connectivity index (χ0n) is 17.0. The molecule has 2 aliphatic carbocycles. The van der Waals surface area contributed by atoms with E-state index < -0.39 is 5.97 Å². The van der Waals surface area contributed by atoms with Gasteiger partial charge in [0.1, 0.15) is 5.82 Å². The Morgan fingerprint density at radius 2 is 1.77 bits per heavy atom. The zero-order chi connectivity index (χ0) is 21.8. The monoisotopic (exact) mass is 483 g/mol. The Bertz CT molecular complexity index is 1170. The van der Waals surface area contributed by atoms with E-state index >= 15 is 0 Å². The van der Waals surface area contributed by atoms with Gasteiger partial charge in [-0.05, 0) is 72.9 Å². The van der Waals surface area contributed by atoms with Gasteiger partial charge in [0.2, 0.25) is 0 Å². The number of benzene rings is 2. The van der Waals surface area contributed by atoms with E-state index in [4.69, 9.17) is 5.11 Å². The van der Waals surface area contributed by atoms with Crippen LogP contribution < -0.4 is 0 Å². The Morgan fingerprint density at radius 1 is 1.06 bits per heavy atom. The van der Waals surface area contributed by atoms with Crippen LogP contribution in [0.3, 0.4) is 0 Å². The summed E-state index contributed by atoms with van der Waals surface area (Å²) in [7, 11) is 0. The smallest absolute Gasteiger partial charge is 0.306 e. The van der Waals surface area contributed by atoms with Gasteiger partial charge in [-0.3, -0.25) is 9.59 Å². The molecule has 4 nitrogen and oxygen atoms in total. The Kier molecular flexibility index (Phi) is 5.00. The first kappa shape index (κ1) is 20.4. The van der Waals surface area contributed by atoms with Gasteiger partial charge in [0.15, 0.2) is 5.78 Å². The molecule has 6 heteroatoms. The van der Waals surface area contributed by atoms with Gasteiger partial charge in [0, 0.05) is 34.6 Å². The Balaban J connectivity index is 1.34. The molecule has 160 valence electrons. The molecule has 0 radical (unpaired) electrons. The summed E-state index contributed by atoms with van der Waals surface area (Å²) >= 11 is 3.44. The van der Waals surface area contributed by atoms with Crippen LogP contribution in [0.1, 0.15) is 48.0 Å². The molecule has 0 aliphatic heterocycles. The molecule has 2 aromatic carbocycles. The topological polar surface area (TPSA) is 59.3 Å². The molecule has 5 rings (SSSR count). The third kappa shape index (κ3) is 3.71. The molecule has 0 unspecified atom stereocenters. The van der Waals surface area contributed by atoms with Crippen molar-refractivity contribution in [2.24, 2.45) is 17.3 Å². The Hall–Kier alpha value is -2.47. The number of carboxylic acid groups (broad SMARTS) is 1. The number of aromatic nitrogens is 1. The van der Waals surface area contributed by atoms with Crippen molar-refractivity contribution in [1.29, 1.82) is 0 Å². The van der Waals surface area contributed by atoms with Gasteiger partial charge in [-0.2, -0.15) is 0 Å². The molecule has 2 aliphatic rings. The summed E-state index contributed by atoms with van der Waals surface area (Å²) in [5, 5.41) is 9.57. The summed E-state index contributed by atoms with van der Waals surface area (Å²) in [6, 6.07) is 12.7. The summed E-state index contributed by atoms with van der Waals surface area (Å²) in [5.41, 5.74) is 2.43. The quantitative estimate of drug-likeness (QED) is 0.433. The summed E-state index contributed by atoms with van der Waals surface area (Å²) in [4.78, 5) is 24.2. The standard InChI is InChI=1S/C25H23BrFNO3/c26-18-3-1-15(2-4-18)14-28-8-7-19-21(27)6-5-20(23(19)28)22(29)9-16-10-25(11-16)12-17(13-25)24(30)31/h1-8,16-17H,9-14H2,(H,30,31). The van der Waals surface area contributed by atoms with Gasteiger partial charge in [-0.15, -0.1) is 0 Å². The number of aliphatic carboxylic acids is 1. The summed E-state index contributed by atoms with van der Waals surface area (Å²) < 4.78 is 17.4. The number of carboxylic acids is 1. The van der Waals surface area contributed by atoms with Crippen LogP contribution in [-0.4, -0.2) is 21.4 Å². The van der Waals surface area contributed by atoms with Gasteiger partial charge in [0.05, 0.1) is 11.4 Å². The van der Waals surface area contributed by atoms with Crippen LogP contribution in [0.15, 0.2) is 53.1 Å². The summed E-state index contributed by atoms with van der Waals surface area (Å²) in [6.45, 7) is 0.559. The predicted octanol–water partition coefficient (Wildman–Crippen LogP) is 6.06. The minimum absolute atomic E-state index is 0.0368. The normalized spacial score (nSPS) is 24.7. The molecule has 1 N–H and O–H groups in total. The van der Waals surface area contributed by atoms with Crippen LogP contribution in [0.4, 0.5) is 4.39 Å². The highest BCUT2D eigenvalue weighted by Gasteiger charge is 2.54. The maximum Gasteiger partial charge on any atom is 0.306 e. The lowest BCUT2D eigenvalue weighted by molar-refractivity contribution is -0.157. The summed E-state index contributed by atoms with van der Waals surface area (Å²) in [5.74, 6) is -0.912. The van der Waals surface area contributed by atoms with Crippen molar-refractivity contribution in [2.75, 3.05) is 0 Å². The van der Waals surface area contributed by atoms with E-state index in [0.29, 0.717) is 29.4 Å². The predicted molar refractivity (Wildman–Crippen MR) is 120 cm³/mol. The number of fused-ring (bicyclic) bond motifs is 1. The van der Waals surface area contributed by atoms with Crippen molar-refractivity contribution in [3.8, 4) is 0 Å². The van der Waals surface area contributed by atoms with E-state index in [2.05, 4.69) is 15.9 Å². The van der Waals surface area contributed by atoms with E-state index in [9.17, 15) is 14.0 Å². The second kappa shape index (κ2) is 7.59. The number of nitrogens with zero attached hydrogens (tertiary/aromatic N) is 1.